The second kappa shape index (κ2) is 4.73. The Morgan fingerprint density at radius 2 is 2.18 bits per heavy atom. The number of hydrogen-bond donors (Lipinski definition) is 2. The van der Waals surface area contributed by atoms with Gasteiger partial charge in [-0.15, -0.1) is 0 Å². The molecule has 0 saturated heterocycles. The van der Waals surface area contributed by atoms with E-state index in [9.17, 15) is 0 Å². The van der Waals surface area contributed by atoms with Crippen LogP contribution in [0.3, 0.4) is 0 Å². The van der Waals surface area contributed by atoms with Crippen LogP contribution in [0.5, 0.6) is 0 Å². The van der Waals surface area contributed by atoms with E-state index < -0.39 is 0 Å². The molecule has 66 valence electrons. The predicted molar refractivity (Wildman–Crippen MR) is 48.7 cm³/mol. The molecule has 0 aromatic rings. The Labute approximate surface area is 69.8 Å². The zero-order valence-electron chi connectivity index (χ0n) is 7.69. The second-order valence-electron chi connectivity index (χ2n) is 3.46. The van der Waals surface area contributed by atoms with Crippen molar-refractivity contribution in [2.45, 2.75) is 32.2 Å². The van der Waals surface area contributed by atoms with Crippen LogP contribution in [0.2, 0.25) is 0 Å². The van der Waals surface area contributed by atoms with Gasteiger partial charge < -0.3 is 10.6 Å². The molecule has 0 amide bonds. The van der Waals surface area contributed by atoms with Gasteiger partial charge in [0.2, 0.25) is 0 Å². The lowest BCUT2D eigenvalue weighted by molar-refractivity contribution is 0.446. The zero-order valence-corrected chi connectivity index (χ0v) is 7.69. The summed E-state index contributed by atoms with van der Waals surface area (Å²) in [6.45, 7) is 4.52. The molecular weight excluding hydrogens is 136 g/mol. The lowest BCUT2D eigenvalue weighted by Gasteiger charge is -2.16. The normalized spacial score (nSPS) is 20.2. The van der Waals surface area contributed by atoms with E-state index in [-0.39, 0.29) is 0 Å². The van der Waals surface area contributed by atoms with Gasteiger partial charge in [-0.2, -0.15) is 0 Å². The van der Waals surface area contributed by atoms with Gasteiger partial charge in [0.05, 0.1) is 0 Å². The monoisotopic (exact) mass is 156 g/mol. The lowest BCUT2D eigenvalue weighted by Crippen LogP contribution is -2.39. The Morgan fingerprint density at radius 3 is 2.64 bits per heavy atom. The highest BCUT2D eigenvalue weighted by Crippen LogP contribution is 2.32. The molecule has 0 aromatic heterocycles. The van der Waals surface area contributed by atoms with Crippen molar-refractivity contribution in [2.75, 3.05) is 20.1 Å². The third kappa shape index (κ3) is 3.21. The van der Waals surface area contributed by atoms with E-state index in [4.69, 9.17) is 0 Å². The molecule has 1 unspecified atom stereocenters. The summed E-state index contributed by atoms with van der Waals surface area (Å²) in [5.74, 6) is 0.967. The van der Waals surface area contributed by atoms with Gasteiger partial charge in [-0.3, -0.25) is 0 Å². The van der Waals surface area contributed by atoms with Crippen LogP contribution in [0.25, 0.3) is 0 Å². The summed E-state index contributed by atoms with van der Waals surface area (Å²) < 4.78 is 0. The van der Waals surface area contributed by atoms with Crippen LogP contribution in [0.4, 0.5) is 0 Å². The van der Waals surface area contributed by atoms with Crippen molar-refractivity contribution in [2.24, 2.45) is 5.92 Å². The van der Waals surface area contributed by atoms with E-state index in [1.165, 1.54) is 25.8 Å². The van der Waals surface area contributed by atoms with Crippen molar-refractivity contribution in [3.63, 3.8) is 0 Å². The SMILES string of the molecule is CCCNC(CNC)C1CC1. The van der Waals surface area contributed by atoms with E-state index in [1.807, 2.05) is 7.05 Å². The van der Waals surface area contributed by atoms with Crippen molar-refractivity contribution in [3.05, 3.63) is 0 Å². The van der Waals surface area contributed by atoms with Crippen molar-refractivity contribution in [1.29, 1.82) is 0 Å². The quantitative estimate of drug-likeness (QED) is 0.599. The molecule has 0 radical (unpaired) electrons. The van der Waals surface area contributed by atoms with Crippen LogP contribution < -0.4 is 10.6 Å². The fourth-order valence-electron chi connectivity index (χ4n) is 1.45. The molecule has 1 saturated carbocycles. The molecule has 1 aliphatic rings. The largest absolute Gasteiger partial charge is 0.318 e. The van der Waals surface area contributed by atoms with Gasteiger partial charge in [0.15, 0.2) is 0 Å². The molecule has 0 aromatic carbocycles. The van der Waals surface area contributed by atoms with Crippen LogP contribution >= 0.6 is 0 Å². The fraction of sp³-hybridized carbons (Fsp3) is 1.00. The van der Waals surface area contributed by atoms with Gasteiger partial charge in [0, 0.05) is 12.6 Å². The maximum Gasteiger partial charge on any atom is 0.0220 e. The first-order valence-corrected chi connectivity index (χ1v) is 4.76. The van der Waals surface area contributed by atoms with Gasteiger partial charge in [0.25, 0.3) is 0 Å². The highest BCUT2D eigenvalue weighted by molar-refractivity contribution is 4.87. The van der Waals surface area contributed by atoms with E-state index in [2.05, 4.69) is 17.6 Å². The number of hydrogen-bond acceptors (Lipinski definition) is 2. The molecule has 1 rings (SSSR count). The van der Waals surface area contributed by atoms with Gasteiger partial charge in [-0.1, -0.05) is 6.92 Å². The van der Waals surface area contributed by atoms with Crippen LogP contribution in [0.1, 0.15) is 26.2 Å². The summed E-state index contributed by atoms with van der Waals surface area (Å²) in [5.41, 5.74) is 0. The zero-order chi connectivity index (χ0) is 8.10. The first-order valence-electron chi connectivity index (χ1n) is 4.76. The Balaban J connectivity index is 2.10. The Hall–Kier alpha value is -0.0800. The third-order valence-electron chi connectivity index (χ3n) is 2.27. The van der Waals surface area contributed by atoms with Gasteiger partial charge >= 0.3 is 0 Å². The number of nitrogens with one attached hydrogen (secondary N) is 2. The van der Waals surface area contributed by atoms with Crippen LogP contribution in [-0.2, 0) is 0 Å². The summed E-state index contributed by atoms with van der Waals surface area (Å²) >= 11 is 0. The molecule has 11 heavy (non-hydrogen) atoms. The minimum Gasteiger partial charge on any atom is -0.318 e. The predicted octanol–water partition coefficient (Wildman–Crippen LogP) is 0.984. The van der Waals surface area contributed by atoms with Crippen molar-refractivity contribution in [1.82, 2.24) is 10.6 Å². The molecule has 2 nitrogen and oxygen atoms in total. The van der Waals surface area contributed by atoms with Gasteiger partial charge in [0.1, 0.15) is 0 Å². The molecule has 2 N–H and O–H groups in total. The number of likely N-dealkylation sites (N-methyl/N-ethyl adjacent to an activating group) is 1. The lowest BCUT2D eigenvalue weighted by atomic mass is 10.2. The minimum absolute atomic E-state index is 0.736. The van der Waals surface area contributed by atoms with E-state index in [0.29, 0.717) is 0 Å². The average molecular weight is 156 g/mol. The maximum atomic E-state index is 3.57. The first-order chi connectivity index (χ1) is 5.38. The smallest absolute Gasteiger partial charge is 0.0220 e. The Kier molecular flexibility index (Phi) is 3.87. The minimum atomic E-state index is 0.736. The molecule has 0 heterocycles. The molecular formula is C9H20N2. The molecule has 2 heteroatoms. The van der Waals surface area contributed by atoms with Crippen LogP contribution in [0.15, 0.2) is 0 Å². The van der Waals surface area contributed by atoms with Crippen molar-refractivity contribution >= 4 is 0 Å². The molecule has 1 fully saturated rings. The Morgan fingerprint density at radius 1 is 1.45 bits per heavy atom. The van der Waals surface area contributed by atoms with Crippen LogP contribution in [0, 0.1) is 5.92 Å². The molecule has 1 atom stereocenters. The molecule has 0 spiro atoms. The second-order valence-corrected chi connectivity index (χ2v) is 3.46. The molecule has 0 aliphatic heterocycles. The summed E-state index contributed by atoms with van der Waals surface area (Å²) in [4.78, 5) is 0. The summed E-state index contributed by atoms with van der Waals surface area (Å²) in [5, 5.41) is 6.81. The summed E-state index contributed by atoms with van der Waals surface area (Å²) in [6, 6.07) is 0.736. The molecule has 1 aliphatic carbocycles. The highest BCUT2D eigenvalue weighted by Gasteiger charge is 2.29. The highest BCUT2D eigenvalue weighted by atomic mass is 15.0. The average Bonchev–Trinajstić information content (AvgIpc) is 2.80. The Bertz CT molecular complexity index is 99.7. The van der Waals surface area contributed by atoms with E-state index in [0.717, 1.165) is 18.5 Å². The maximum absolute atomic E-state index is 3.57. The van der Waals surface area contributed by atoms with Crippen molar-refractivity contribution < 1.29 is 0 Å². The summed E-state index contributed by atoms with van der Waals surface area (Å²) in [7, 11) is 2.03. The van der Waals surface area contributed by atoms with E-state index >= 15 is 0 Å². The van der Waals surface area contributed by atoms with E-state index in [1.54, 1.807) is 0 Å². The van der Waals surface area contributed by atoms with Crippen molar-refractivity contribution in [3.8, 4) is 0 Å². The molecule has 0 bridgehead atoms. The van der Waals surface area contributed by atoms with Gasteiger partial charge in [-0.05, 0) is 38.8 Å². The van der Waals surface area contributed by atoms with Crippen LogP contribution in [-0.4, -0.2) is 26.2 Å². The first kappa shape index (κ1) is 9.01. The van der Waals surface area contributed by atoms with Gasteiger partial charge in [-0.25, -0.2) is 0 Å². The standard InChI is InChI=1S/C9H20N2/c1-3-6-11-9(7-10-2)8-4-5-8/h8-11H,3-7H2,1-2H3. The number of rotatable bonds is 6. The topological polar surface area (TPSA) is 24.1 Å². The fourth-order valence-corrected chi connectivity index (χ4v) is 1.45. The third-order valence-corrected chi connectivity index (χ3v) is 2.27. The summed E-state index contributed by atoms with van der Waals surface area (Å²) in [6.07, 6.45) is 4.11.